The van der Waals surface area contributed by atoms with E-state index in [-0.39, 0.29) is 5.91 Å². The molecule has 1 fully saturated rings. The number of hydrogen-bond acceptors (Lipinski definition) is 4. The smallest absolute Gasteiger partial charge is 0.228 e. The Hall–Kier alpha value is -2.73. The van der Waals surface area contributed by atoms with E-state index < -0.39 is 6.17 Å². The minimum atomic E-state index is -1.15. The number of nitrogens with one attached hydrogen (secondary N) is 1. The van der Waals surface area contributed by atoms with E-state index in [0.29, 0.717) is 35.4 Å². The second-order valence-corrected chi connectivity index (χ2v) is 8.21. The summed E-state index contributed by atoms with van der Waals surface area (Å²) in [6, 6.07) is 14.1. The van der Waals surface area contributed by atoms with Crippen LogP contribution in [0, 0.1) is 5.92 Å². The van der Waals surface area contributed by atoms with Crippen molar-refractivity contribution in [2.75, 3.05) is 18.4 Å². The van der Waals surface area contributed by atoms with Gasteiger partial charge in [-0.3, -0.25) is 9.69 Å². The van der Waals surface area contributed by atoms with E-state index in [2.05, 4.69) is 39.6 Å². The van der Waals surface area contributed by atoms with Crippen molar-refractivity contribution < 1.29 is 13.7 Å². The van der Waals surface area contributed by atoms with E-state index in [0.717, 1.165) is 43.7 Å². The summed E-state index contributed by atoms with van der Waals surface area (Å²) in [5, 5.41) is 7.50. The van der Waals surface area contributed by atoms with Crippen molar-refractivity contribution in [3.63, 3.8) is 0 Å². The van der Waals surface area contributed by atoms with E-state index in [4.69, 9.17) is 4.52 Å². The molecule has 2 aliphatic rings. The largest absolute Gasteiger partial charge is 0.356 e. The summed E-state index contributed by atoms with van der Waals surface area (Å²) < 4.78 is 20.5. The van der Waals surface area contributed by atoms with Crippen molar-refractivity contribution in [2.45, 2.75) is 38.4 Å². The van der Waals surface area contributed by atoms with Gasteiger partial charge in [-0.2, -0.15) is 0 Å². The molecule has 5 nitrogen and oxygen atoms in total. The molecule has 2 aromatic carbocycles. The van der Waals surface area contributed by atoms with E-state index in [1.54, 1.807) is 6.07 Å². The summed E-state index contributed by atoms with van der Waals surface area (Å²) in [4.78, 5) is 14.0. The number of halogens is 1. The second-order valence-electron chi connectivity index (χ2n) is 8.21. The predicted octanol–water partition coefficient (Wildman–Crippen LogP) is 4.64. The molecule has 1 saturated heterocycles. The highest BCUT2D eigenvalue weighted by Crippen LogP contribution is 2.37. The summed E-state index contributed by atoms with van der Waals surface area (Å²) in [6.07, 6.45) is 1.64. The van der Waals surface area contributed by atoms with Crippen LogP contribution in [0.15, 0.2) is 47.0 Å². The highest BCUT2D eigenvalue weighted by molar-refractivity contribution is 6.02. The number of alkyl halides is 1. The van der Waals surface area contributed by atoms with Gasteiger partial charge in [0, 0.05) is 23.7 Å². The maximum atomic E-state index is 15.1. The Bertz CT molecular complexity index is 1030. The van der Waals surface area contributed by atoms with Crippen molar-refractivity contribution in [1.82, 2.24) is 10.1 Å². The molecular weight excluding hydrogens is 369 g/mol. The Morgan fingerprint density at radius 2 is 2.00 bits per heavy atom. The maximum absolute atomic E-state index is 15.1. The number of carbonyl (C=O) groups is 1. The molecule has 3 heterocycles. The zero-order chi connectivity index (χ0) is 19.8. The molecule has 2 aliphatic heterocycles. The number of rotatable bonds is 5. The minimum Gasteiger partial charge on any atom is -0.356 e. The van der Waals surface area contributed by atoms with Crippen molar-refractivity contribution in [3.8, 4) is 0 Å². The topological polar surface area (TPSA) is 58.4 Å². The fourth-order valence-corrected chi connectivity index (χ4v) is 4.53. The van der Waals surface area contributed by atoms with Gasteiger partial charge in [-0.05, 0) is 55.5 Å². The van der Waals surface area contributed by atoms with Gasteiger partial charge in [0.2, 0.25) is 5.91 Å². The van der Waals surface area contributed by atoms with Gasteiger partial charge in [0.05, 0.1) is 6.42 Å². The molecule has 1 atom stereocenters. The number of piperidine rings is 1. The molecule has 1 aromatic heterocycles. The molecule has 0 spiro atoms. The number of amides is 1. The van der Waals surface area contributed by atoms with Crippen molar-refractivity contribution in [1.29, 1.82) is 0 Å². The second kappa shape index (κ2) is 7.59. The average Bonchev–Trinajstić information content (AvgIpc) is 3.30. The van der Waals surface area contributed by atoms with Gasteiger partial charge >= 0.3 is 0 Å². The van der Waals surface area contributed by atoms with Crippen LogP contribution in [0.25, 0.3) is 11.0 Å². The average molecular weight is 393 g/mol. The number of hydrogen-bond donors (Lipinski definition) is 1. The van der Waals surface area contributed by atoms with Crippen molar-refractivity contribution >= 4 is 22.6 Å². The molecule has 150 valence electrons. The number of carbonyl (C=O) groups excluding carboxylic acids is 1. The predicted molar refractivity (Wildman–Crippen MR) is 109 cm³/mol. The molecule has 0 aliphatic carbocycles. The first-order valence-electron chi connectivity index (χ1n) is 10.3. The standard InChI is InChI=1S/C23H24FN3O2/c24-19(10-15-6-8-27(9-7-15)14-16-4-2-1-3-5-16)23-18-11-17-12-22(28)25-20(17)13-21(18)29-26-23/h1-5,11,13,15,19H,6-10,12,14H2,(H,25,28). The number of anilines is 1. The summed E-state index contributed by atoms with van der Waals surface area (Å²) in [6.45, 7) is 2.94. The Kier molecular flexibility index (Phi) is 4.79. The molecule has 5 rings (SSSR count). The summed E-state index contributed by atoms with van der Waals surface area (Å²) in [5.41, 5.74) is 3.85. The first kappa shape index (κ1) is 18.3. The van der Waals surface area contributed by atoms with E-state index in [1.807, 2.05) is 12.1 Å². The lowest BCUT2D eigenvalue weighted by Crippen LogP contribution is -2.33. The van der Waals surface area contributed by atoms with Crippen LogP contribution in [-0.4, -0.2) is 29.1 Å². The van der Waals surface area contributed by atoms with Crippen LogP contribution in [0.4, 0.5) is 10.1 Å². The number of benzene rings is 2. The molecule has 0 bridgehead atoms. The monoisotopic (exact) mass is 393 g/mol. The Labute approximate surface area is 168 Å². The third-order valence-electron chi connectivity index (χ3n) is 6.14. The fourth-order valence-electron chi connectivity index (χ4n) is 4.53. The summed E-state index contributed by atoms with van der Waals surface area (Å²) in [7, 11) is 0. The Morgan fingerprint density at radius 3 is 2.79 bits per heavy atom. The van der Waals surface area contributed by atoms with E-state index in [1.165, 1.54) is 5.56 Å². The molecule has 6 heteroatoms. The van der Waals surface area contributed by atoms with Crippen LogP contribution < -0.4 is 5.32 Å². The molecule has 1 N–H and O–H groups in total. The number of nitrogens with zero attached hydrogens (tertiary/aromatic N) is 2. The zero-order valence-electron chi connectivity index (χ0n) is 16.2. The Balaban J connectivity index is 1.22. The van der Waals surface area contributed by atoms with Crippen LogP contribution in [0.1, 0.15) is 42.3 Å². The lowest BCUT2D eigenvalue weighted by Gasteiger charge is -2.32. The SMILES string of the molecule is O=C1Cc2cc3c(C(F)CC4CCN(Cc5ccccc5)CC4)noc3cc2N1. The first-order valence-corrected chi connectivity index (χ1v) is 10.3. The quantitative estimate of drug-likeness (QED) is 0.686. The number of likely N-dealkylation sites (tertiary alicyclic amines) is 1. The lowest BCUT2D eigenvalue weighted by molar-refractivity contribution is -0.115. The van der Waals surface area contributed by atoms with Crippen LogP contribution in [-0.2, 0) is 17.8 Å². The minimum absolute atomic E-state index is 0.0405. The molecule has 29 heavy (non-hydrogen) atoms. The molecular formula is C23H24FN3O2. The van der Waals surface area contributed by atoms with Crippen molar-refractivity contribution in [2.24, 2.45) is 5.92 Å². The Morgan fingerprint density at radius 1 is 1.21 bits per heavy atom. The normalized spacial score (nSPS) is 18.7. The number of aromatic nitrogens is 1. The van der Waals surface area contributed by atoms with Gasteiger partial charge in [0.1, 0.15) is 11.9 Å². The van der Waals surface area contributed by atoms with Crippen molar-refractivity contribution in [3.05, 3.63) is 59.3 Å². The van der Waals surface area contributed by atoms with Gasteiger partial charge in [-0.1, -0.05) is 35.5 Å². The summed E-state index contributed by atoms with van der Waals surface area (Å²) >= 11 is 0. The zero-order valence-corrected chi connectivity index (χ0v) is 16.2. The van der Waals surface area contributed by atoms with Gasteiger partial charge in [0.25, 0.3) is 0 Å². The van der Waals surface area contributed by atoms with Gasteiger partial charge < -0.3 is 9.84 Å². The van der Waals surface area contributed by atoms with E-state index >= 15 is 4.39 Å². The molecule has 1 amide bonds. The first-order chi connectivity index (χ1) is 14.2. The fraction of sp³-hybridized carbons (Fsp3) is 0.391. The molecule has 0 radical (unpaired) electrons. The van der Waals surface area contributed by atoms with Crippen LogP contribution >= 0.6 is 0 Å². The van der Waals surface area contributed by atoms with Crippen LogP contribution in [0.5, 0.6) is 0 Å². The van der Waals surface area contributed by atoms with Gasteiger partial charge in [0.15, 0.2) is 5.58 Å². The van der Waals surface area contributed by atoms with Gasteiger partial charge in [-0.25, -0.2) is 4.39 Å². The number of fused-ring (bicyclic) bond motifs is 2. The van der Waals surface area contributed by atoms with Gasteiger partial charge in [-0.15, -0.1) is 0 Å². The summed E-state index contributed by atoms with van der Waals surface area (Å²) in [5.74, 6) is 0.308. The lowest BCUT2D eigenvalue weighted by atomic mass is 9.90. The molecule has 1 unspecified atom stereocenters. The highest BCUT2D eigenvalue weighted by atomic mass is 19.1. The molecule has 3 aromatic rings. The van der Waals surface area contributed by atoms with Crippen LogP contribution in [0.3, 0.4) is 0 Å². The third kappa shape index (κ3) is 3.77. The third-order valence-corrected chi connectivity index (χ3v) is 6.14. The maximum Gasteiger partial charge on any atom is 0.228 e. The van der Waals surface area contributed by atoms with Crippen LogP contribution in [0.2, 0.25) is 0 Å². The molecule has 0 saturated carbocycles. The highest BCUT2D eigenvalue weighted by Gasteiger charge is 2.28. The van der Waals surface area contributed by atoms with E-state index in [9.17, 15) is 4.79 Å².